The Morgan fingerprint density at radius 1 is 1.61 bits per heavy atom. The van der Waals surface area contributed by atoms with Gasteiger partial charge in [-0.05, 0) is 40.5 Å². The monoisotopic (exact) mass is 319 g/mol. The smallest absolute Gasteiger partial charge is 0.323 e. The minimum absolute atomic E-state index is 0.0122. The average Bonchev–Trinajstić information content (AvgIpc) is 2.27. The van der Waals surface area contributed by atoms with Gasteiger partial charge in [0, 0.05) is 6.42 Å². The molecule has 1 atom stereocenters. The maximum Gasteiger partial charge on any atom is 0.323 e. The number of halogens is 2. The third kappa shape index (κ3) is 3.96. The zero-order chi connectivity index (χ0) is 13.8. The van der Waals surface area contributed by atoms with Gasteiger partial charge in [-0.15, -0.1) is 0 Å². The number of aliphatic carboxylic acids is 1. The molecular weight excluding hydrogens is 305 g/mol. The van der Waals surface area contributed by atoms with E-state index in [1.54, 1.807) is 18.2 Å². The van der Waals surface area contributed by atoms with Crippen molar-refractivity contribution < 1.29 is 19.0 Å². The van der Waals surface area contributed by atoms with Crippen LogP contribution in [-0.4, -0.2) is 29.9 Å². The Bertz CT molecular complexity index is 437. The van der Waals surface area contributed by atoms with Crippen LogP contribution in [-0.2, 0) is 11.2 Å². The maximum atomic E-state index is 12.0. The topological polar surface area (TPSA) is 72.5 Å². The van der Waals surface area contributed by atoms with Gasteiger partial charge in [0.2, 0.25) is 0 Å². The zero-order valence-electron chi connectivity index (χ0n) is 9.95. The summed E-state index contributed by atoms with van der Waals surface area (Å²) in [5, 5.41) is 8.94. The van der Waals surface area contributed by atoms with Crippen LogP contribution in [0.5, 0.6) is 5.75 Å². The standard InChI is InChI=1S/C12H15BrFNO3/c1-12(15,11(16)17)7-8-2-3-10(9(13)6-8)18-5-4-14/h2-3,6H,4-5,7,15H2,1H3,(H,16,17)/t12-/m0/s1. The molecule has 1 aromatic carbocycles. The Labute approximate surface area is 113 Å². The lowest BCUT2D eigenvalue weighted by atomic mass is 9.94. The summed E-state index contributed by atoms with van der Waals surface area (Å²) in [5.41, 5.74) is 5.11. The minimum atomic E-state index is -1.32. The van der Waals surface area contributed by atoms with E-state index in [0.29, 0.717) is 10.2 Å². The van der Waals surface area contributed by atoms with Crippen molar-refractivity contribution in [1.29, 1.82) is 0 Å². The van der Waals surface area contributed by atoms with Gasteiger partial charge in [-0.1, -0.05) is 6.07 Å². The summed E-state index contributed by atoms with van der Waals surface area (Å²) < 4.78 is 17.8. The van der Waals surface area contributed by atoms with E-state index < -0.39 is 18.2 Å². The number of hydrogen-bond donors (Lipinski definition) is 2. The normalized spacial score (nSPS) is 14.0. The molecule has 100 valence electrons. The molecule has 0 fully saturated rings. The number of carbonyl (C=O) groups is 1. The van der Waals surface area contributed by atoms with Crippen LogP contribution in [0.3, 0.4) is 0 Å². The Morgan fingerprint density at radius 3 is 2.78 bits per heavy atom. The Balaban J connectivity index is 2.81. The number of nitrogens with two attached hydrogens (primary N) is 1. The number of carboxylic acids is 1. The highest BCUT2D eigenvalue weighted by Crippen LogP contribution is 2.27. The summed E-state index contributed by atoms with van der Waals surface area (Å²) in [7, 11) is 0. The molecule has 0 saturated carbocycles. The van der Waals surface area contributed by atoms with Crippen molar-refractivity contribution in [1.82, 2.24) is 0 Å². The molecule has 0 bridgehead atoms. The predicted molar refractivity (Wildman–Crippen MR) is 69.5 cm³/mol. The molecular formula is C12H15BrFNO3. The quantitative estimate of drug-likeness (QED) is 0.842. The fourth-order valence-electron chi connectivity index (χ4n) is 1.42. The molecule has 3 N–H and O–H groups in total. The largest absolute Gasteiger partial charge is 0.490 e. The van der Waals surface area contributed by atoms with E-state index in [0.717, 1.165) is 5.56 Å². The average molecular weight is 320 g/mol. The van der Waals surface area contributed by atoms with Gasteiger partial charge in [-0.2, -0.15) is 0 Å². The van der Waals surface area contributed by atoms with Crippen LogP contribution >= 0.6 is 15.9 Å². The maximum absolute atomic E-state index is 12.0. The van der Waals surface area contributed by atoms with Gasteiger partial charge >= 0.3 is 5.97 Å². The van der Waals surface area contributed by atoms with Crippen molar-refractivity contribution in [2.75, 3.05) is 13.3 Å². The van der Waals surface area contributed by atoms with Gasteiger partial charge in [0.1, 0.15) is 24.6 Å². The lowest BCUT2D eigenvalue weighted by Gasteiger charge is -2.19. The van der Waals surface area contributed by atoms with Crippen LogP contribution in [0, 0.1) is 0 Å². The number of rotatable bonds is 6. The Morgan fingerprint density at radius 2 is 2.28 bits per heavy atom. The Hall–Kier alpha value is -1.14. The van der Waals surface area contributed by atoms with Gasteiger partial charge in [-0.3, -0.25) is 4.79 Å². The van der Waals surface area contributed by atoms with Gasteiger partial charge in [0.25, 0.3) is 0 Å². The van der Waals surface area contributed by atoms with Gasteiger partial charge in [-0.25, -0.2) is 4.39 Å². The summed E-state index contributed by atoms with van der Waals surface area (Å²) in [5.74, 6) is -0.540. The number of hydrogen-bond acceptors (Lipinski definition) is 3. The summed E-state index contributed by atoms with van der Waals surface area (Å²) in [4.78, 5) is 10.9. The van der Waals surface area contributed by atoms with Crippen molar-refractivity contribution in [3.8, 4) is 5.75 Å². The number of carboxylic acid groups (broad SMARTS) is 1. The molecule has 0 radical (unpaired) electrons. The van der Waals surface area contributed by atoms with E-state index >= 15 is 0 Å². The highest BCUT2D eigenvalue weighted by molar-refractivity contribution is 9.10. The van der Waals surface area contributed by atoms with Crippen LogP contribution < -0.4 is 10.5 Å². The van der Waals surface area contributed by atoms with Crippen molar-refractivity contribution in [2.24, 2.45) is 5.73 Å². The van der Waals surface area contributed by atoms with Crippen LogP contribution in [0.25, 0.3) is 0 Å². The van der Waals surface area contributed by atoms with Crippen LogP contribution in [0.1, 0.15) is 12.5 Å². The first-order valence-corrected chi connectivity index (χ1v) is 6.15. The van der Waals surface area contributed by atoms with Crippen molar-refractivity contribution in [2.45, 2.75) is 18.9 Å². The van der Waals surface area contributed by atoms with Crippen LogP contribution in [0.15, 0.2) is 22.7 Å². The van der Waals surface area contributed by atoms with Gasteiger partial charge in [0.15, 0.2) is 0 Å². The molecule has 4 nitrogen and oxygen atoms in total. The van der Waals surface area contributed by atoms with Gasteiger partial charge < -0.3 is 15.6 Å². The van der Waals surface area contributed by atoms with E-state index in [1.807, 2.05) is 0 Å². The highest BCUT2D eigenvalue weighted by Gasteiger charge is 2.28. The number of benzene rings is 1. The molecule has 0 heterocycles. The molecule has 6 heteroatoms. The van der Waals surface area contributed by atoms with Crippen molar-refractivity contribution in [3.63, 3.8) is 0 Å². The fraction of sp³-hybridized carbons (Fsp3) is 0.417. The molecule has 1 rings (SSSR count). The molecule has 0 aliphatic rings. The molecule has 0 aliphatic carbocycles. The first kappa shape index (κ1) is 14.9. The zero-order valence-corrected chi connectivity index (χ0v) is 11.5. The summed E-state index contributed by atoms with van der Waals surface area (Å²) >= 11 is 3.29. The second-order valence-corrected chi connectivity index (χ2v) is 5.06. The van der Waals surface area contributed by atoms with Crippen molar-refractivity contribution in [3.05, 3.63) is 28.2 Å². The summed E-state index contributed by atoms with van der Waals surface area (Å²) in [6.07, 6.45) is 0.199. The molecule has 18 heavy (non-hydrogen) atoms. The van der Waals surface area contributed by atoms with Crippen molar-refractivity contribution >= 4 is 21.9 Å². The summed E-state index contributed by atoms with van der Waals surface area (Å²) in [6, 6.07) is 5.10. The SMILES string of the molecule is C[C@](N)(Cc1ccc(OCCF)c(Br)c1)C(=O)O. The lowest BCUT2D eigenvalue weighted by molar-refractivity contribution is -0.142. The van der Waals surface area contributed by atoms with E-state index in [2.05, 4.69) is 15.9 Å². The second-order valence-electron chi connectivity index (χ2n) is 4.20. The molecule has 1 aromatic rings. The predicted octanol–water partition coefficient (Wildman–Crippen LogP) is 2.14. The number of ether oxygens (including phenoxy) is 1. The highest BCUT2D eigenvalue weighted by atomic mass is 79.9. The van der Waals surface area contributed by atoms with E-state index in [9.17, 15) is 9.18 Å². The lowest BCUT2D eigenvalue weighted by Crippen LogP contribution is -2.46. The third-order valence-corrected chi connectivity index (χ3v) is 3.01. The van der Waals surface area contributed by atoms with Crippen LogP contribution in [0.2, 0.25) is 0 Å². The number of alkyl halides is 1. The van der Waals surface area contributed by atoms with E-state index in [1.165, 1.54) is 6.92 Å². The third-order valence-electron chi connectivity index (χ3n) is 2.39. The molecule has 0 aliphatic heterocycles. The molecule has 0 spiro atoms. The summed E-state index contributed by atoms with van der Waals surface area (Å²) in [6.45, 7) is 0.881. The first-order valence-electron chi connectivity index (χ1n) is 5.36. The fourth-order valence-corrected chi connectivity index (χ4v) is 1.96. The Kier molecular flexibility index (Phi) is 5.10. The van der Waals surface area contributed by atoms with E-state index in [-0.39, 0.29) is 13.0 Å². The minimum Gasteiger partial charge on any atom is -0.490 e. The van der Waals surface area contributed by atoms with Gasteiger partial charge in [0.05, 0.1) is 4.47 Å². The second kappa shape index (κ2) is 6.15. The molecule has 0 unspecified atom stereocenters. The molecule has 0 amide bonds. The molecule has 0 saturated heterocycles. The first-order chi connectivity index (χ1) is 8.36. The van der Waals surface area contributed by atoms with Crippen LogP contribution in [0.4, 0.5) is 4.39 Å². The molecule has 0 aromatic heterocycles. The van der Waals surface area contributed by atoms with E-state index in [4.69, 9.17) is 15.6 Å².